The maximum atomic E-state index is 5.40. The van der Waals surface area contributed by atoms with Crippen LogP contribution < -0.4 is 10.6 Å². The highest BCUT2D eigenvalue weighted by atomic mass is 127. The number of aromatic nitrogens is 3. The SMILES string of the molecule is CCNC(=NCC(C)CN1CCOCC1)NCCn1cnnc1CC.I. The molecule has 1 unspecified atom stereocenters. The third kappa shape index (κ3) is 8.17. The molecule has 1 aliphatic heterocycles. The summed E-state index contributed by atoms with van der Waals surface area (Å²) in [5.41, 5.74) is 0. The van der Waals surface area contributed by atoms with E-state index in [1.165, 1.54) is 0 Å². The Morgan fingerprint density at radius 2 is 2.08 bits per heavy atom. The van der Waals surface area contributed by atoms with Crippen LogP contribution >= 0.6 is 24.0 Å². The lowest BCUT2D eigenvalue weighted by Crippen LogP contribution is -2.41. The fourth-order valence-corrected chi connectivity index (χ4v) is 2.91. The summed E-state index contributed by atoms with van der Waals surface area (Å²) >= 11 is 0. The average Bonchev–Trinajstić information content (AvgIpc) is 3.08. The van der Waals surface area contributed by atoms with Gasteiger partial charge in [-0.2, -0.15) is 0 Å². The molecule has 0 saturated carbocycles. The smallest absolute Gasteiger partial charge is 0.191 e. The molecule has 1 aliphatic rings. The fourth-order valence-electron chi connectivity index (χ4n) is 2.91. The van der Waals surface area contributed by atoms with Crippen molar-refractivity contribution in [2.45, 2.75) is 33.7 Å². The predicted octanol–water partition coefficient (Wildman–Crippen LogP) is 0.982. The van der Waals surface area contributed by atoms with Gasteiger partial charge < -0.3 is 19.9 Å². The van der Waals surface area contributed by atoms with Gasteiger partial charge in [-0.25, -0.2) is 0 Å². The molecule has 1 atom stereocenters. The minimum atomic E-state index is 0. The van der Waals surface area contributed by atoms with Crippen LogP contribution in [-0.2, 0) is 17.7 Å². The molecule has 2 rings (SSSR count). The van der Waals surface area contributed by atoms with Gasteiger partial charge in [0.15, 0.2) is 5.96 Å². The molecule has 0 aromatic carbocycles. The zero-order valence-corrected chi connectivity index (χ0v) is 18.6. The first-order valence-corrected chi connectivity index (χ1v) is 9.41. The molecular formula is C17H34IN7O. The molecular weight excluding hydrogens is 445 g/mol. The minimum Gasteiger partial charge on any atom is -0.379 e. The zero-order chi connectivity index (χ0) is 17.9. The minimum absolute atomic E-state index is 0. The Kier molecular flexibility index (Phi) is 11.8. The van der Waals surface area contributed by atoms with Crippen LogP contribution in [0.2, 0.25) is 0 Å². The molecule has 150 valence electrons. The zero-order valence-electron chi connectivity index (χ0n) is 16.3. The van der Waals surface area contributed by atoms with Crippen LogP contribution in [0.4, 0.5) is 0 Å². The number of aliphatic imine (C=N–C) groups is 1. The van der Waals surface area contributed by atoms with Gasteiger partial charge in [0.2, 0.25) is 0 Å². The second-order valence-corrected chi connectivity index (χ2v) is 6.46. The largest absolute Gasteiger partial charge is 0.379 e. The Morgan fingerprint density at radius 3 is 2.77 bits per heavy atom. The van der Waals surface area contributed by atoms with E-state index in [2.05, 4.69) is 51.1 Å². The van der Waals surface area contributed by atoms with Crippen LogP contribution in [0.1, 0.15) is 26.6 Å². The van der Waals surface area contributed by atoms with E-state index in [0.717, 1.165) is 77.2 Å². The Balaban J connectivity index is 0.00000338. The molecule has 1 aromatic rings. The molecule has 2 N–H and O–H groups in total. The summed E-state index contributed by atoms with van der Waals surface area (Å²) in [7, 11) is 0. The highest BCUT2D eigenvalue weighted by Crippen LogP contribution is 2.04. The van der Waals surface area contributed by atoms with Crippen molar-refractivity contribution >= 4 is 29.9 Å². The predicted molar refractivity (Wildman–Crippen MR) is 115 cm³/mol. The molecule has 0 spiro atoms. The van der Waals surface area contributed by atoms with Gasteiger partial charge in [0.25, 0.3) is 0 Å². The van der Waals surface area contributed by atoms with Crippen LogP contribution in [0.3, 0.4) is 0 Å². The van der Waals surface area contributed by atoms with Crippen molar-refractivity contribution in [1.82, 2.24) is 30.3 Å². The number of rotatable bonds is 9. The van der Waals surface area contributed by atoms with Crippen molar-refractivity contribution in [3.63, 3.8) is 0 Å². The second-order valence-electron chi connectivity index (χ2n) is 6.46. The van der Waals surface area contributed by atoms with Crippen molar-refractivity contribution in [1.29, 1.82) is 0 Å². The molecule has 1 saturated heterocycles. The Hall–Kier alpha value is -0.940. The first-order valence-electron chi connectivity index (χ1n) is 9.41. The topological polar surface area (TPSA) is 79.6 Å². The molecule has 26 heavy (non-hydrogen) atoms. The summed E-state index contributed by atoms with van der Waals surface area (Å²) in [4.78, 5) is 7.20. The van der Waals surface area contributed by atoms with Crippen molar-refractivity contribution < 1.29 is 4.74 Å². The molecule has 0 radical (unpaired) electrons. The van der Waals surface area contributed by atoms with Crippen molar-refractivity contribution in [3.05, 3.63) is 12.2 Å². The van der Waals surface area contributed by atoms with E-state index in [0.29, 0.717) is 5.92 Å². The van der Waals surface area contributed by atoms with E-state index in [1.54, 1.807) is 6.33 Å². The average molecular weight is 479 g/mol. The lowest BCUT2D eigenvalue weighted by Gasteiger charge is -2.28. The molecule has 0 amide bonds. The van der Waals surface area contributed by atoms with E-state index in [9.17, 15) is 0 Å². The number of hydrogen-bond acceptors (Lipinski definition) is 5. The molecule has 2 heterocycles. The lowest BCUT2D eigenvalue weighted by molar-refractivity contribution is 0.0323. The number of guanidine groups is 1. The summed E-state index contributed by atoms with van der Waals surface area (Å²) in [6.45, 7) is 14.6. The number of morpholine rings is 1. The molecule has 1 fully saturated rings. The maximum Gasteiger partial charge on any atom is 0.191 e. The van der Waals surface area contributed by atoms with Gasteiger partial charge >= 0.3 is 0 Å². The first-order chi connectivity index (χ1) is 12.2. The third-order valence-corrected chi connectivity index (χ3v) is 4.24. The number of nitrogens with zero attached hydrogens (tertiary/aromatic N) is 5. The van der Waals surface area contributed by atoms with Gasteiger partial charge in [-0.15, -0.1) is 34.2 Å². The molecule has 9 heteroatoms. The lowest BCUT2D eigenvalue weighted by atomic mass is 10.1. The van der Waals surface area contributed by atoms with Crippen LogP contribution in [-0.4, -0.2) is 78.1 Å². The van der Waals surface area contributed by atoms with E-state index >= 15 is 0 Å². The van der Waals surface area contributed by atoms with E-state index in [-0.39, 0.29) is 24.0 Å². The summed E-state index contributed by atoms with van der Waals surface area (Å²) < 4.78 is 7.48. The van der Waals surface area contributed by atoms with Crippen LogP contribution in [0.5, 0.6) is 0 Å². The van der Waals surface area contributed by atoms with Crippen molar-refractivity contribution in [3.8, 4) is 0 Å². The Bertz CT molecular complexity index is 517. The van der Waals surface area contributed by atoms with Gasteiger partial charge in [-0.3, -0.25) is 9.89 Å². The summed E-state index contributed by atoms with van der Waals surface area (Å²) in [5, 5.41) is 14.8. The van der Waals surface area contributed by atoms with Gasteiger partial charge in [0.1, 0.15) is 12.2 Å². The van der Waals surface area contributed by atoms with E-state index in [4.69, 9.17) is 9.73 Å². The Morgan fingerprint density at radius 1 is 1.31 bits per heavy atom. The standard InChI is InChI=1S/C17H33N7O.HI/c1-4-16-22-21-14-24(16)7-6-19-17(18-5-2)20-12-15(3)13-23-8-10-25-11-9-23;/h14-15H,4-13H2,1-3H3,(H2,18,19,20);1H. The summed E-state index contributed by atoms with van der Waals surface area (Å²) in [6, 6.07) is 0. The van der Waals surface area contributed by atoms with Crippen LogP contribution in [0.25, 0.3) is 0 Å². The number of hydrogen-bond donors (Lipinski definition) is 2. The van der Waals surface area contributed by atoms with Crippen molar-refractivity contribution in [2.75, 3.05) is 52.5 Å². The highest BCUT2D eigenvalue weighted by molar-refractivity contribution is 14.0. The van der Waals surface area contributed by atoms with Gasteiger partial charge in [-0.1, -0.05) is 13.8 Å². The van der Waals surface area contributed by atoms with E-state index < -0.39 is 0 Å². The highest BCUT2D eigenvalue weighted by Gasteiger charge is 2.13. The fraction of sp³-hybridized carbons (Fsp3) is 0.824. The molecule has 0 bridgehead atoms. The van der Waals surface area contributed by atoms with Gasteiger partial charge in [0, 0.05) is 52.2 Å². The summed E-state index contributed by atoms with van der Waals surface area (Å²) in [6.07, 6.45) is 2.68. The van der Waals surface area contributed by atoms with Crippen molar-refractivity contribution in [2.24, 2.45) is 10.9 Å². The second kappa shape index (κ2) is 13.3. The number of nitrogens with one attached hydrogen (secondary N) is 2. The molecule has 0 aliphatic carbocycles. The monoisotopic (exact) mass is 479 g/mol. The first kappa shape index (κ1) is 23.1. The molecule has 8 nitrogen and oxygen atoms in total. The number of halogens is 1. The quantitative estimate of drug-likeness (QED) is 0.313. The summed E-state index contributed by atoms with van der Waals surface area (Å²) in [5.74, 6) is 2.42. The van der Waals surface area contributed by atoms with Crippen LogP contribution in [0, 0.1) is 5.92 Å². The third-order valence-electron chi connectivity index (χ3n) is 4.24. The van der Waals surface area contributed by atoms with Crippen LogP contribution in [0.15, 0.2) is 11.3 Å². The van der Waals surface area contributed by atoms with Gasteiger partial charge in [0.05, 0.1) is 13.2 Å². The number of ether oxygens (including phenoxy) is 1. The van der Waals surface area contributed by atoms with Gasteiger partial charge in [-0.05, 0) is 12.8 Å². The maximum absolute atomic E-state index is 5.40. The molecule has 1 aromatic heterocycles. The Labute approximate surface area is 174 Å². The van der Waals surface area contributed by atoms with E-state index in [1.807, 2.05) is 0 Å². The number of aryl methyl sites for hydroxylation is 1. The normalized spacial score (nSPS) is 16.8.